The average molecular weight is 1320 g/mol. The number of carboxylic acids is 2. The van der Waals surface area contributed by atoms with E-state index in [1.165, 1.54) is 73.2 Å². The Morgan fingerprint density at radius 2 is 1.14 bits per heavy atom. The number of likely N-dealkylation sites (tertiary alicyclic amines) is 1. The Hall–Kier alpha value is -9.94. The fraction of sp³-hybridized carbons (Fsp3) is 0.531. The van der Waals surface area contributed by atoms with Gasteiger partial charge >= 0.3 is 11.9 Å². The highest BCUT2D eigenvalue weighted by Gasteiger charge is 2.42. The molecule has 518 valence electrons. The van der Waals surface area contributed by atoms with E-state index in [-0.39, 0.29) is 82.1 Å². The van der Waals surface area contributed by atoms with Crippen LogP contribution in [-0.2, 0) is 78.4 Å². The van der Waals surface area contributed by atoms with Gasteiger partial charge in [0.1, 0.15) is 60.1 Å². The van der Waals surface area contributed by atoms with Crippen LogP contribution in [0.3, 0.4) is 0 Å². The van der Waals surface area contributed by atoms with Gasteiger partial charge in [0.15, 0.2) is 5.96 Å². The van der Waals surface area contributed by atoms with Crippen molar-refractivity contribution in [1.29, 1.82) is 0 Å². The molecule has 1 aliphatic heterocycles. The van der Waals surface area contributed by atoms with E-state index in [1.807, 2.05) is 0 Å². The van der Waals surface area contributed by atoms with Crippen LogP contribution in [0.4, 0.5) is 0 Å². The van der Waals surface area contributed by atoms with Crippen LogP contribution in [0, 0.1) is 17.8 Å². The third-order valence-electron chi connectivity index (χ3n) is 16.2. The Labute approximate surface area is 551 Å². The van der Waals surface area contributed by atoms with E-state index in [4.69, 9.17) is 11.5 Å². The summed E-state index contributed by atoms with van der Waals surface area (Å²) < 4.78 is 0. The second-order valence-corrected chi connectivity index (χ2v) is 24.8. The van der Waals surface area contributed by atoms with E-state index in [9.17, 15) is 63.3 Å². The predicted molar refractivity (Wildman–Crippen MR) is 348 cm³/mol. The summed E-state index contributed by atoms with van der Waals surface area (Å²) in [6.45, 7) is 10.4. The number of benzene rings is 2. The van der Waals surface area contributed by atoms with Gasteiger partial charge in [-0.1, -0.05) is 90.4 Å². The number of aliphatic imine (C=N–C) groups is 1. The molecule has 4 aromatic rings. The van der Waals surface area contributed by atoms with Crippen LogP contribution >= 0.6 is 0 Å². The summed E-state index contributed by atoms with van der Waals surface area (Å²) >= 11 is 0. The van der Waals surface area contributed by atoms with Crippen molar-refractivity contribution in [3.05, 3.63) is 102 Å². The van der Waals surface area contributed by atoms with Crippen molar-refractivity contribution in [2.24, 2.45) is 34.2 Å². The lowest BCUT2D eigenvalue weighted by Gasteiger charge is -2.32. The van der Waals surface area contributed by atoms with Gasteiger partial charge in [-0.15, -0.1) is 0 Å². The number of aromatic nitrogens is 4. The van der Waals surface area contributed by atoms with Gasteiger partial charge in [-0.05, 0) is 87.2 Å². The number of carbonyl (C=O) groups excluding carboxylic acids is 9. The summed E-state index contributed by atoms with van der Waals surface area (Å²) in [5, 5.41) is 51.4. The summed E-state index contributed by atoms with van der Waals surface area (Å²) in [6, 6.07) is 1.29. The highest BCUT2D eigenvalue weighted by molar-refractivity contribution is 5.99. The number of rotatable bonds is 38. The Morgan fingerprint density at radius 3 is 1.67 bits per heavy atom. The second-order valence-electron chi connectivity index (χ2n) is 24.8. The number of nitrogens with two attached hydrogens (primary N) is 2. The van der Waals surface area contributed by atoms with Gasteiger partial charge in [-0.2, -0.15) is 0 Å². The molecule has 1 aliphatic rings. The molecule has 11 atom stereocenters. The van der Waals surface area contributed by atoms with Crippen molar-refractivity contribution in [2.75, 3.05) is 27.2 Å². The van der Waals surface area contributed by atoms with Crippen LogP contribution in [0.15, 0.2) is 84.6 Å². The number of carbonyl (C=O) groups is 11. The smallest absolute Gasteiger partial charge is 0.326 e. The molecular formula is C64H93N17O14. The third-order valence-corrected chi connectivity index (χ3v) is 16.2. The zero-order valence-corrected chi connectivity index (χ0v) is 54.9. The Kier molecular flexibility index (Phi) is 29.6. The number of hydrogen-bond donors (Lipinski definition) is 15. The van der Waals surface area contributed by atoms with Crippen molar-refractivity contribution >= 4 is 71.1 Å². The molecule has 2 aromatic heterocycles. The monoisotopic (exact) mass is 1320 g/mol. The van der Waals surface area contributed by atoms with Crippen molar-refractivity contribution in [1.82, 2.24) is 72.3 Å². The standard InChI is InChI=1S/C64H93N17O14/c1-9-37(6)53(79-57(88)45(27-39-19-21-42(82)22-20-39)75-60(91)52(36(4)5)78-54(85)43(17-13-23-69-64(65)66)72-59(90)50(80(7)8)30-51(83)84)61(92)76-47(29-41-32-68-34-71-41)62(93)81-24-14-18-49(81)58(89)74-44(26-38-15-11-10-12-16-38)55(86)73-46(28-40-31-67-33-70-40)56(87)77-48(63(94)95)25-35(2)3/h10-12,15-16,19-22,31-37,43-50,52-53,82H,9,13-14,17-18,23-30H2,1-8H3,(H,67,70)(H,68,71)(H,72,90)(H,73,86)(H,74,89)(H,75,91)(H,76,92)(H,77,87)(H,78,85)(H,79,88)(H,83,84)(H,94,95)(H4,65,66,69)/t37-,43-,44-,45-,46-,47-,48-,49-,50-,52-,53-/m0/s1. The molecule has 17 N–H and O–H groups in total. The van der Waals surface area contributed by atoms with Gasteiger partial charge in [0.05, 0.1) is 25.1 Å². The summed E-state index contributed by atoms with van der Waals surface area (Å²) in [6.07, 6.45) is 5.51. The Balaban J connectivity index is 1.41. The number of phenolic OH excluding ortho intramolecular Hbond substituents is 1. The molecule has 0 unspecified atom stereocenters. The first-order valence-corrected chi connectivity index (χ1v) is 31.7. The number of likely N-dealkylation sites (N-methyl/N-ethyl adjacent to an activating group) is 1. The molecule has 2 aromatic carbocycles. The van der Waals surface area contributed by atoms with Crippen molar-refractivity contribution < 1.29 is 68.1 Å². The number of aromatic hydroxyl groups is 1. The fourth-order valence-corrected chi connectivity index (χ4v) is 10.8. The predicted octanol–water partition coefficient (Wildman–Crippen LogP) is -0.730. The van der Waals surface area contributed by atoms with Crippen LogP contribution in [0.25, 0.3) is 0 Å². The second kappa shape index (κ2) is 37.1. The number of nitrogens with one attached hydrogen (secondary N) is 10. The normalized spacial score (nSPS) is 16.1. The van der Waals surface area contributed by atoms with Crippen LogP contribution in [0.1, 0.15) is 109 Å². The van der Waals surface area contributed by atoms with E-state index in [0.29, 0.717) is 35.4 Å². The van der Waals surface area contributed by atoms with E-state index in [0.717, 1.165) is 0 Å². The topological polar surface area (TPSA) is 473 Å². The maximum atomic E-state index is 15.1. The molecule has 3 heterocycles. The molecule has 0 saturated carbocycles. The Bertz CT molecular complexity index is 3230. The lowest BCUT2D eigenvalue weighted by Crippen LogP contribution is -2.62. The van der Waals surface area contributed by atoms with E-state index >= 15 is 4.79 Å². The summed E-state index contributed by atoms with van der Waals surface area (Å²) in [4.78, 5) is 175. The van der Waals surface area contributed by atoms with E-state index in [1.54, 1.807) is 71.9 Å². The van der Waals surface area contributed by atoms with E-state index < -0.39 is 144 Å². The number of amides is 9. The van der Waals surface area contributed by atoms with Gasteiger partial charge in [0.25, 0.3) is 0 Å². The van der Waals surface area contributed by atoms with Crippen LogP contribution in [0.5, 0.6) is 5.75 Å². The maximum Gasteiger partial charge on any atom is 0.326 e. The number of nitrogens with zero attached hydrogens (tertiary/aromatic N) is 5. The summed E-state index contributed by atoms with van der Waals surface area (Å²) in [7, 11) is 3.00. The number of hydrogen-bond acceptors (Lipinski definition) is 16. The van der Waals surface area contributed by atoms with E-state index in [2.05, 4.69) is 67.5 Å². The van der Waals surface area contributed by atoms with Gasteiger partial charge in [0.2, 0.25) is 53.2 Å². The minimum Gasteiger partial charge on any atom is -0.508 e. The number of imidazole rings is 2. The third kappa shape index (κ3) is 24.2. The average Bonchev–Trinajstić information content (AvgIpc) is 1.78. The molecule has 95 heavy (non-hydrogen) atoms. The van der Waals surface area contributed by atoms with Crippen LogP contribution < -0.4 is 54.0 Å². The summed E-state index contributed by atoms with van der Waals surface area (Å²) in [5.74, 6) is -11.3. The first-order valence-electron chi connectivity index (χ1n) is 31.7. The van der Waals surface area contributed by atoms with Gasteiger partial charge in [-0.3, -0.25) is 57.8 Å². The zero-order valence-electron chi connectivity index (χ0n) is 54.9. The lowest BCUT2D eigenvalue weighted by atomic mass is 9.96. The fourth-order valence-electron chi connectivity index (χ4n) is 10.8. The summed E-state index contributed by atoms with van der Waals surface area (Å²) in [5.41, 5.74) is 13.0. The largest absolute Gasteiger partial charge is 0.508 e. The molecule has 1 saturated heterocycles. The molecular weight excluding hydrogens is 1230 g/mol. The van der Waals surface area contributed by atoms with Gasteiger partial charge < -0.3 is 84.2 Å². The number of aliphatic carboxylic acids is 2. The van der Waals surface area contributed by atoms with Crippen molar-refractivity contribution in [2.45, 2.75) is 173 Å². The molecule has 9 amide bonds. The SMILES string of the molecule is CC[C@H](C)[C@H](NC(=O)[C@H](Cc1ccc(O)cc1)NC(=O)[C@@H](NC(=O)[C@H](CCCN=C(N)N)NC(=O)[C@H](CC(=O)O)N(C)C)C(C)C)C(=O)N[C@@H](Cc1cnc[nH]1)C(=O)N1CCC[C@H]1C(=O)N[C@@H](Cc1ccccc1)C(=O)N[C@@H](Cc1cnc[nH]1)C(=O)N[C@@H](CC(C)C)C(=O)O. The highest BCUT2D eigenvalue weighted by atomic mass is 16.4. The molecule has 0 spiro atoms. The van der Waals surface area contributed by atoms with Gasteiger partial charge in [0, 0.05) is 62.6 Å². The van der Waals surface area contributed by atoms with Crippen LogP contribution in [-0.4, -0.2) is 204 Å². The first kappa shape index (κ1) is 75.8. The molecule has 0 bridgehead atoms. The zero-order chi connectivity index (χ0) is 70.1. The number of H-pyrrole nitrogens is 2. The quantitative estimate of drug-likeness (QED) is 0.0149. The number of guanidine groups is 1. The molecule has 0 radical (unpaired) electrons. The molecule has 0 aliphatic carbocycles. The molecule has 5 rings (SSSR count). The van der Waals surface area contributed by atoms with Crippen molar-refractivity contribution in [3.8, 4) is 5.75 Å². The minimum atomic E-state index is -1.46. The van der Waals surface area contributed by atoms with Gasteiger partial charge in [-0.25, -0.2) is 14.8 Å². The number of carboxylic acid groups (broad SMARTS) is 2. The number of aromatic amines is 2. The molecule has 1 fully saturated rings. The first-order chi connectivity index (χ1) is 45.0. The van der Waals surface area contributed by atoms with Crippen LogP contribution in [0.2, 0.25) is 0 Å². The van der Waals surface area contributed by atoms with Crippen molar-refractivity contribution in [3.63, 3.8) is 0 Å². The molecule has 31 nitrogen and oxygen atoms in total. The highest BCUT2D eigenvalue weighted by Crippen LogP contribution is 2.22. The lowest BCUT2D eigenvalue weighted by molar-refractivity contribution is -0.143. The minimum absolute atomic E-state index is 0.0462. The number of phenols is 1. The maximum absolute atomic E-state index is 15.1. The molecule has 31 heteroatoms. The Morgan fingerprint density at radius 1 is 0.632 bits per heavy atom.